The van der Waals surface area contributed by atoms with E-state index in [4.69, 9.17) is 5.11 Å². The van der Waals surface area contributed by atoms with E-state index < -0.39 is 5.97 Å². The largest absolute Gasteiger partial charge is 0.477 e. The molecule has 1 saturated carbocycles. The number of nitrogens with zero attached hydrogens (tertiary/aromatic N) is 2. The Balaban J connectivity index is 2.08. The summed E-state index contributed by atoms with van der Waals surface area (Å²) in [5.74, 6) is -0.572. The number of carboxylic acid groups (broad SMARTS) is 1. The molecule has 5 nitrogen and oxygen atoms in total. The van der Waals surface area contributed by atoms with Crippen LogP contribution in [0.4, 0.5) is 0 Å². The number of carbonyl (C=O) groups excluding carboxylic acids is 1. The molecule has 20 heavy (non-hydrogen) atoms. The molecule has 1 heterocycles. The molecule has 1 aromatic heterocycles. The van der Waals surface area contributed by atoms with Gasteiger partial charge in [-0.3, -0.25) is 4.79 Å². The van der Waals surface area contributed by atoms with Crippen LogP contribution in [-0.4, -0.2) is 39.5 Å². The minimum atomic E-state index is -1.08. The van der Waals surface area contributed by atoms with E-state index in [-0.39, 0.29) is 11.6 Å². The normalized spacial score (nSPS) is 14.3. The lowest BCUT2D eigenvalue weighted by Crippen LogP contribution is -2.34. The molecule has 0 aliphatic heterocycles. The number of amides is 1. The highest BCUT2D eigenvalue weighted by Crippen LogP contribution is 2.28. The van der Waals surface area contributed by atoms with Crippen molar-refractivity contribution in [2.45, 2.75) is 39.2 Å². The lowest BCUT2D eigenvalue weighted by atomic mass is 10.1. The van der Waals surface area contributed by atoms with E-state index >= 15 is 0 Å². The highest BCUT2D eigenvalue weighted by Gasteiger charge is 2.32. The van der Waals surface area contributed by atoms with E-state index in [2.05, 4.69) is 18.8 Å². The third-order valence-corrected chi connectivity index (χ3v) is 3.43. The van der Waals surface area contributed by atoms with Gasteiger partial charge in [0.2, 0.25) is 0 Å². The molecule has 1 N–H and O–H groups in total. The van der Waals surface area contributed by atoms with Crippen molar-refractivity contribution in [2.24, 2.45) is 5.92 Å². The average Bonchev–Trinajstić information content (AvgIpc) is 3.23. The zero-order valence-corrected chi connectivity index (χ0v) is 11.9. The highest BCUT2D eigenvalue weighted by molar-refractivity contribution is 5.95. The van der Waals surface area contributed by atoms with Crippen molar-refractivity contribution >= 4 is 11.9 Å². The monoisotopic (exact) mass is 276 g/mol. The molecular formula is C15H20N2O3. The van der Waals surface area contributed by atoms with Gasteiger partial charge in [0.25, 0.3) is 5.91 Å². The first-order valence-electron chi connectivity index (χ1n) is 6.99. The fourth-order valence-corrected chi connectivity index (χ4v) is 2.05. The van der Waals surface area contributed by atoms with Crippen LogP contribution in [0.1, 0.15) is 54.0 Å². The lowest BCUT2D eigenvalue weighted by molar-refractivity contribution is 0.0685. The van der Waals surface area contributed by atoms with E-state index in [1.54, 1.807) is 6.07 Å². The average molecular weight is 276 g/mol. The third kappa shape index (κ3) is 3.56. The van der Waals surface area contributed by atoms with Crippen molar-refractivity contribution in [3.8, 4) is 0 Å². The number of hydrogen-bond acceptors (Lipinski definition) is 3. The van der Waals surface area contributed by atoms with E-state index in [1.807, 2.05) is 4.90 Å². The quantitative estimate of drug-likeness (QED) is 0.866. The molecule has 108 valence electrons. The molecule has 0 unspecified atom stereocenters. The molecule has 1 amide bonds. The molecule has 5 heteroatoms. The summed E-state index contributed by atoms with van der Waals surface area (Å²) >= 11 is 0. The van der Waals surface area contributed by atoms with Crippen molar-refractivity contribution in [3.63, 3.8) is 0 Å². The first-order valence-corrected chi connectivity index (χ1v) is 6.99. The molecule has 0 radical (unpaired) electrons. The van der Waals surface area contributed by atoms with Crippen LogP contribution >= 0.6 is 0 Å². The SMILES string of the molecule is CC(C)CCN(C(=O)c1ccc(C(=O)O)nc1)C1CC1. The smallest absolute Gasteiger partial charge is 0.354 e. The second kappa shape index (κ2) is 6.03. The number of hydrogen-bond donors (Lipinski definition) is 1. The molecular weight excluding hydrogens is 256 g/mol. The molecule has 1 aliphatic carbocycles. The summed E-state index contributed by atoms with van der Waals surface area (Å²) in [6, 6.07) is 3.27. The van der Waals surface area contributed by atoms with Crippen molar-refractivity contribution in [2.75, 3.05) is 6.54 Å². The number of rotatable bonds is 6. The maximum atomic E-state index is 12.5. The van der Waals surface area contributed by atoms with Gasteiger partial charge in [0, 0.05) is 18.8 Å². The first kappa shape index (κ1) is 14.5. The standard InChI is InChI=1S/C15H20N2O3/c1-10(2)7-8-17(12-4-5-12)14(18)11-3-6-13(15(19)20)16-9-11/h3,6,9-10,12H,4-5,7-8H2,1-2H3,(H,19,20). The second-order valence-electron chi connectivity index (χ2n) is 5.65. The molecule has 0 atom stereocenters. The predicted octanol–water partition coefficient (Wildman–Crippen LogP) is 2.43. The van der Waals surface area contributed by atoms with E-state index in [9.17, 15) is 9.59 Å². The van der Waals surface area contributed by atoms with Crippen LogP contribution in [0.5, 0.6) is 0 Å². The number of carboxylic acids is 1. The minimum absolute atomic E-state index is 0.0401. The summed E-state index contributed by atoms with van der Waals surface area (Å²) in [5, 5.41) is 8.81. The maximum absolute atomic E-state index is 12.5. The fraction of sp³-hybridized carbons (Fsp3) is 0.533. The van der Waals surface area contributed by atoms with Crippen LogP contribution in [0.15, 0.2) is 18.3 Å². The number of pyridine rings is 1. The Morgan fingerprint density at radius 1 is 1.40 bits per heavy atom. The molecule has 0 spiro atoms. The Morgan fingerprint density at radius 2 is 2.10 bits per heavy atom. The Bertz CT molecular complexity index is 492. The van der Waals surface area contributed by atoms with E-state index in [0.29, 0.717) is 17.5 Å². The van der Waals surface area contributed by atoms with Crippen LogP contribution in [0.2, 0.25) is 0 Å². The van der Waals surface area contributed by atoms with Crippen molar-refractivity contribution < 1.29 is 14.7 Å². The Labute approximate surface area is 118 Å². The van der Waals surface area contributed by atoms with Gasteiger partial charge in [0.15, 0.2) is 0 Å². The van der Waals surface area contributed by atoms with Crippen molar-refractivity contribution in [3.05, 3.63) is 29.6 Å². The van der Waals surface area contributed by atoms with Crippen LogP contribution < -0.4 is 0 Å². The molecule has 1 aromatic rings. The van der Waals surface area contributed by atoms with Gasteiger partial charge in [0.05, 0.1) is 5.56 Å². The summed E-state index contributed by atoms with van der Waals surface area (Å²) in [4.78, 5) is 28.9. The maximum Gasteiger partial charge on any atom is 0.354 e. The number of carbonyl (C=O) groups is 2. The van der Waals surface area contributed by atoms with Gasteiger partial charge in [-0.15, -0.1) is 0 Å². The number of aromatic carboxylic acids is 1. The molecule has 2 rings (SSSR count). The summed E-state index contributed by atoms with van der Waals surface area (Å²) in [6.45, 7) is 5.03. The van der Waals surface area contributed by atoms with Crippen molar-refractivity contribution in [1.82, 2.24) is 9.88 Å². The second-order valence-corrected chi connectivity index (χ2v) is 5.65. The zero-order chi connectivity index (χ0) is 14.7. The first-order chi connectivity index (χ1) is 9.49. The summed E-state index contributed by atoms with van der Waals surface area (Å²) in [5.41, 5.74) is 0.423. The fourth-order valence-electron chi connectivity index (χ4n) is 2.05. The zero-order valence-electron chi connectivity index (χ0n) is 11.9. The Morgan fingerprint density at radius 3 is 2.55 bits per heavy atom. The molecule has 0 aromatic carbocycles. The van der Waals surface area contributed by atoms with Gasteiger partial charge in [-0.1, -0.05) is 13.8 Å². The van der Waals surface area contributed by atoms with Crippen molar-refractivity contribution in [1.29, 1.82) is 0 Å². The Hall–Kier alpha value is -1.91. The van der Waals surface area contributed by atoms with E-state index in [0.717, 1.165) is 25.8 Å². The molecule has 0 saturated heterocycles. The van der Waals surface area contributed by atoms with Crippen LogP contribution in [0.3, 0.4) is 0 Å². The summed E-state index contributed by atoms with van der Waals surface area (Å²) in [7, 11) is 0. The van der Waals surface area contributed by atoms with Crippen LogP contribution in [0, 0.1) is 5.92 Å². The van der Waals surface area contributed by atoms with Gasteiger partial charge >= 0.3 is 5.97 Å². The third-order valence-electron chi connectivity index (χ3n) is 3.43. The number of aromatic nitrogens is 1. The molecule has 0 bridgehead atoms. The highest BCUT2D eigenvalue weighted by atomic mass is 16.4. The summed E-state index contributed by atoms with van der Waals surface area (Å²) in [6.07, 6.45) is 4.45. The van der Waals surface area contributed by atoms with Gasteiger partial charge in [-0.05, 0) is 37.3 Å². The molecule has 1 fully saturated rings. The topological polar surface area (TPSA) is 70.5 Å². The Kier molecular flexibility index (Phi) is 4.37. The predicted molar refractivity (Wildman–Crippen MR) is 74.7 cm³/mol. The van der Waals surface area contributed by atoms with Gasteiger partial charge in [-0.25, -0.2) is 9.78 Å². The van der Waals surface area contributed by atoms with Crippen LogP contribution in [-0.2, 0) is 0 Å². The van der Waals surface area contributed by atoms with Gasteiger partial charge in [-0.2, -0.15) is 0 Å². The summed E-state index contributed by atoms with van der Waals surface area (Å²) < 4.78 is 0. The minimum Gasteiger partial charge on any atom is -0.477 e. The van der Waals surface area contributed by atoms with Crippen LogP contribution in [0.25, 0.3) is 0 Å². The molecule has 1 aliphatic rings. The van der Waals surface area contributed by atoms with Gasteiger partial charge in [0.1, 0.15) is 5.69 Å². The lowest BCUT2D eigenvalue weighted by Gasteiger charge is -2.23. The van der Waals surface area contributed by atoms with Gasteiger partial charge < -0.3 is 10.0 Å². The van der Waals surface area contributed by atoms with E-state index in [1.165, 1.54) is 12.3 Å².